The van der Waals surface area contributed by atoms with Crippen molar-refractivity contribution in [2.75, 3.05) is 0 Å². The quantitative estimate of drug-likeness (QED) is 0.238. The van der Waals surface area contributed by atoms with Gasteiger partial charge < -0.3 is 9.15 Å². The molecule has 7 heterocycles. The Balaban J connectivity index is 1.17. The highest BCUT2D eigenvalue weighted by atomic mass is 28.3. The fourth-order valence-electron chi connectivity index (χ4n) is 14.7. The number of rotatable bonds is 2. The van der Waals surface area contributed by atoms with Gasteiger partial charge in [0.05, 0.1) is 52.9 Å². The van der Waals surface area contributed by atoms with E-state index in [-0.39, 0.29) is 37.5 Å². The number of nitrogens with zero attached hydrogens (tertiary/aromatic N) is 2. The summed E-state index contributed by atoms with van der Waals surface area (Å²) in [5.74, 6) is -18.6. The Bertz CT molecular complexity index is 1970. The van der Waals surface area contributed by atoms with E-state index in [1.807, 2.05) is 12.1 Å². The summed E-state index contributed by atoms with van der Waals surface area (Å²) in [4.78, 5) is 59.7. The molecule has 8 fully saturated rings. The van der Waals surface area contributed by atoms with E-state index in [9.17, 15) is 19.2 Å². The van der Waals surface area contributed by atoms with Crippen molar-refractivity contribution in [3.05, 3.63) is 23.7 Å². The molecule has 14 atom stereocenters. The Labute approximate surface area is 308 Å². The standard InChI is InChI=1S/C38H40F6N2O6Si2/c1-53(2,3)21-9-13-14(10-22(21)54(4,5)6)20-12-46-33(49)25-17-8-18(26(25)34(46)50)30-29(17)35(37(39,40)41)27-15-7-16(28(27)36(30,52-35)38(42,43)44)24-23(15)31(47)45(32(24)48)11-19(13)51-20/h9-10,15-18,23-30H,7-8,11-12H2,1-6H3/t15-,16+,17+,18-,23+,24-,25-,26+,27+,28-,29-,30+,35?,36?. The number of ether oxygens (including phenoxy) is 1. The summed E-state index contributed by atoms with van der Waals surface area (Å²) >= 11 is 0. The number of hydrogen-bond acceptors (Lipinski definition) is 6. The zero-order valence-corrected chi connectivity index (χ0v) is 32.5. The van der Waals surface area contributed by atoms with Crippen LogP contribution >= 0.6 is 0 Å². The van der Waals surface area contributed by atoms with Gasteiger partial charge in [0.2, 0.25) is 23.6 Å². The van der Waals surface area contributed by atoms with E-state index in [4.69, 9.17) is 9.15 Å². The zero-order valence-electron chi connectivity index (χ0n) is 30.5. The molecule has 4 saturated heterocycles. The second kappa shape index (κ2) is 9.41. The van der Waals surface area contributed by atoms with Crippen molar-refractivity contribution in [3.63, 3.8) is 0 Å². The summed E-state index contributed by atoms with van der Waals surface area (Å²) in [5, 5.41) is 3.58. The highest BCUT2D eigenvalue weighted by molar-refractivity contribution is 6.98. The van der Waals surface area contributed by atoms with Crippen LogP contribution < -0.4 is 10.4 Å². The van der Waals surface area contributed by atoms with Crippen LogP contribution in [0.15, 0.2) is 16.5 Å². The lowest BCUT2D eigenvalue weighted by Crippen LogP contribution is -2.66. The van der Waals surface area contributed by atoms with E-state index in [1.54, 1.807) is 0 Å². The average Bonchev–Trinajstić information content (AvgIpc) is 3.91. The van der Waals surface area contributed by atoms with Crippen LogP contribution in [0, 0.1) is 71.0 Å². The number of hydrogen-bond donors (Lipinski definition) is 0. The smallest absolute Gasteiger partial charge is 0.418 e. The lowest BCUT2D eigenvalue weighted by Gasteiger charge is -2.53. The number of fused-ring (bicyclic) bond motifs is 1. The van der Waals surface area contributed by atoms with Gasteiger partial charge in [0.1, 0.15) is 11.5 Å². The maximum atomic E-state index is 16.0. The van der Waals surface area contributed by atoms with Crippen LogP contribution in [0.25, 0.3) is 10.8 Å². The van der Waals surface area contributed by atoms with E-state index < -0.39 is 134 Å². The first kappa shape index (κ1) is 34.3. The summed E-state index contributed by atoms with van der Waals surface area (Å²) in [6.07, 6.45) is -10.8. The van der Waals surface area contributed by atoms with Crippen molar-refractivity contribution in [2.24, 2.45) is 71.0 Å². The highest BCUT2D eigenvalue weighted by Gasteiger charge is 2.97. The van der Waals surface area contributed by atoms with Gasteiger partial charge in [-0.2, -0.15) is 26.3 Å². The molecule has 0 N–H and O–H groups in total. The van der Waals surface area contributed by atoms with Crippen molar-refractivity contribution in [2.45, 2.75) is 88.8 Å². The summed E-state index contributed by atoms with van der Waals surface area (Å²) in [6, 6.07) is 4.09. The van der Waals surface area contributed by atoms with E-state index in [0.717, 1.165) is 9.80 Å². The molecule has 4 aliphatic carbocycles. The second-order valence-corrected chi connectivity index (χ2v) is 30.0. The molecule has 1 aromatic carbocycles. The second-order valence-electron chi connectivity index (χ2n) is 19.9. The third-order valence-corrected chi connectivity index (χ3v) is 20.3. The number of carbonyl (C=O) groups is 4. The Morgan fingerprint density at radius 1 is 0.574 bits per heavy atom. The molecule has 1 aromatic heterocycles. The maximum absolute atomic E-state index is 16.0. The number of benzene rings is 1. The van der Waals surface area contributed by atoms with Gasteiger partial charge in [-0.25, -0.2) is 0 Å². The lowest BCUT2D eigenvalue weighted by atomic mass is 9.46. The zero-order chi connectivity index (χ0) is 38.5. The molecule has 2 aromatic rings. The number of halogens is 6. The van der Waals surface area contributed by atoms with Crippen LogP contribution in [0.3, 0.4) is 0 Å². The number of alkyl halides is 6. The van der Waals surface area contributed by atoms with Gasteiger partial charge >= 0.3 is 12.4 Å². The van der Waals surface area contributed by atoms with Crippen molar-refractivity contribution >= 4 is 60.9 Å². The predicted molar refractivity (Wildman–Crippen MR) is 183 cm³/mol. The predicted octanol–water partition coefficient (Wildman–Crippen LogP) is 5.15. The van der Waals surface area contributed by atoms with Gasteiger partial charge in [-0.3, -0.25) is 29.0 Å². The molecule has 16 heteroatoms. The molecule has 288 valence electrons. The minimum atomic E-state index is -5.27. The number of amides is 4. The van der Waals surface area contributed by atoms with Gasteiger partial charge in [-0.15, -0.1) is 0 Å². The molecule has 6 aliphatic heterocycles. The third-order valence-electron chi connectivity index (χ3n) is 16.0. The van der Waals surface area contributed by atoms with E-state index in [1.165, 1.54) is 10.4 Å². The van der Waals surface area contributed by atoms with Crippen LogP contribution in [0.5, 0.6) is 0 Å². The normalized spacial score (nSPS) is 44.1. The first-order chi connectivity index (χ1) is 25.0. The SMILES string of the molecule is C[Si](C)(C)c1cc2c3oc(c2cc1[Si](C)(C)C)CN1C(=O)[C@@H]2[C@@H]4C[C@H]([C@@H]2C1=O)[C@H]1[C@@H]4C2(C(F)(F)F)OC1(C(F)(F)F)[C@@H]1[C@H]4C[C@H]([C@@H]5C(=O)N(C3)C(=O)[C@H]45)[C@@H]12. The summed E-state index contributed by atoms with van der Waals surface area (Å²) in [6.45, 7) is 12.6. The number of furan rings is 1. The molecule has 12 rings (SSSR count). The Morgan fingerprint density at radius 2 is 0.870 bits per heavy atom. The van der Waals surface area contributed by atoms with E-state index >= 15 is 26.3 Å². The van der Waals surface area contributed by atoms with Gasteiger partial charge in [-0.1, -0.05) is 61.8 Å². The van der Waals surface area contributed by atoms with E-state index in [2.05, 4.69) is 39.3 Å². The first-order valence-electron chi connectivity index (χ1n) is 19.1. The lowest BCUT2D eigenvalue weighted by molar-refractivity contribution is -0.329. The molecule has 14 bridgehead atoms. The molecule has 4 amide bonds. The average molecular weight is 791 g/mol. The topological polar surface area (TPSA) is 97.1 Å². The number of carbonyl (C=O) groups excluding carboxylic acids is 4. The van der Waals surface area contributed by atoms with Crippen molar-refractivity contribution in [1.82, 2.24) is 9.80 Å². The van der Waals surface area contributed by atoms with Crippen LogP contribution in [0.1, 0.15) is 24.4 Å². The van der Waals surface area contributed by atoms with Crippen LogP contribution in [-0.2, 0) is 37.0 Å². The Hall–Kier alpha value is -2.99. The fraction of sp³-hybridized carbons (Fsp3) is 0.684. The van der Waals surface area contributed by atoms with Crippen LogP contribution in [0.2, 0.25) is 39.3 Å². The molecule has 10 aliphatic rings. The fourth-order valence-corrected chi connectivity index (χ4v) is 19.9. The molecule has 4 saturated carbocycles. The molecule has 0 spiro atoms. The third kappa shape index (κ3) is 3.45. The molecule has 2 unspecified atom stereocenters. The van der Waals surface area contributed by atoms with Gasteiger partial charge in [0, 0.05) is 34.4 Å². The van der Waals surface area contributed by atoms with Gasteiger partial charge in [-0.05, 0) is 36.5 Å². The minimum absolute atomic E-state index is 0.116. The number of imide groups is 2. The largest absolute Gasteiger partial charge is 0.461 e. The van der Waals surface area contributed by atoms with Gasteiger partial charge in [0.25, 0.3) is 0 Å². The summed E-state index contributed by atoms with van der Waals surface area (Å²) in [7, 11) is -4.05. The van der Waals surface area contributed by atoms with Crippen LogP contribution in [0.4, 0.5) is 26.3 Å². The molecular weight excluding hydrogens is 751 g/mol. The molecule has 8 nitrogen and oxygen atoms in total. The van der Waals surface area contributed by atoms with Crippen molar-refractivity contribution in [1.29, 1.82) is 0 Å². The van der Waals surface area contributed by atoms with Crippen LogP contribution in [-0.4, -0.2) is 73.1 Å². The van der Waals surface area contributed by atoms with Crippen molar-refractivity contribution < 1.29 is 54.7 Å². The Kier molecular flexibility index (Phi) is 5.97. The Morgan fingerprint density at radius 3 is 1.13 bits per heavy atom. The molecule has 54 heavy (non-hydrogen) atoms. The van der Waals surface area contributed by atoms with Gasteiger partial charge in [0.15, 0.2) is 11.2 Å². The maximum Gasteiger partial charge on any atom is 0.418 e. The summed E-state index contributed by atoms with van der Waals surface area (Å²) < 4.78 is 108. The molecule has 0 radical (unpaired) electrons. The monoisotopic (exact) mass is 790 g/mol. The first-order valence-corrected chi connectivity index (χ1v) is 26.1. The molecular formula is C38H40F6N2O6Si2. The minimum Gasteiger partial charge on any atom is -0.461 e. The van der Waals surface area contributed by atoms with Crippen molar-refractivity contribution in [3.8, 4) is 0 Å². The highest BCUT2D eigenvalue weighted by Crippen LogP contribution is 2.86. The van der Waals surface area contributed by atoms with E-state index in [0.29, 0.717) is 10.8 Å². The summed E-state index contributed by atoms with van der Waals surface area (Å²) in [5.41, 5.74) is -6.53.